The summed E-state index contributed by atoms with van der Waals surface area (Å²) in [6.07, 6.45) is 5.47. The van der Waals surface area contributed by atoms with Crippen LogP contribution in [0.3, 0.4) is 0 Å². The average Bonchev–Trinajstić information content (AvgIpc) is 3.65. The molecule has 0 bridgehead atoms. The summed E-state index contributed by atoms with van der Waals surface area (Å²) in [5, 5.41) is 9.96. The van der Waals surface area contributed by atoms with Gasteiger partial charge in [-0.15, -0.1) is 11.3 Å². The minimum Gasteiger partial charge on any atom is -0.469 e. The number of nitrogens with one attached hydrogen (secondary N) is 1. The highest BCUT2D eigenvalue weighted by molar-refractivity contribution is 7.11. The Bertz CT molecular complexity index is 1570. The van der Waals surface area contributed by atoms with Gasteiger partial charge in [-0.3, -0.25) is 14.5 Å². The number of hydrogen-bond donors (Lipinski definition) is 1. The number of allylic oxidation sites excluding steroid dienone is 1. The molecule has 0 amide bonds. The van der Waals surface area contributed by atoms with Gasteiger partial charge in [0, 0.05) is 35.0 Å². The minimum absolute atomic E-state index is 0.132. The van der Waals surface area contributed by atoms with Crippen LogP contribution in [0.25, 0.3) is 0 Å². The van der Waals surface area contributed by atoms with Crippen molar-refractivity contribution in [1.29, 1.82) is 0 Å². The molecule has 0 radical (unpaired) electrons. The molecule has 0 saturated carbocycles. The first-order valence-electron chi connectivity index (χ1n) is 12.9. The number of aryl methyl sites for hydroxylation is 1. The fourth-order valence-electron chi connectivity index (χ4n) is 5.22. The maximum Gasteiger partial charge on any atom is 0.338 e. The van der Waals surface area contributed by atoms with E-state index in [4.69, 9.17) is 31.2 Å². The first-order chi connectivity index (χ1) is 19.5. The molecule has 1 aliphatic heterocycles. The summed E-state index contributed by atoms with van der Waals surface area (Å²) in [4.78, 5) is 34.3. The van der Waals surface area contributed by atoms with E-state index in [1.54, 1.807) is 16.3 Å². The molecule has 5 rings (SSSR count). The normalized spacial score (nSPS) is 18.9. The van der Waals surface area contributed by atoms with E-state index in [0.29, 0.717) is 35.8 Å². The van der Waals surface area contributed by atoms with E-state index < -0.39 is 34.2 Å². The van der Waals surface area contributed by atoms with Gasteiger partial charge in [0.25, 0.3) is 0 Å². The van der Waals surface area contributed by atoms with Crippen molar-refractivity contribution >= 4 is 40.7 Å². The largest absolute Gasteiger partial charge is 0.469 e. The number of methoxy groups -OCH3 is 2. The first-order valence-corrected chi connectivity index (χ1v) is 14.1. The van der Waals surface area contributed by atoms with Crippen LogP contribution in [0.4, 0.5) is 8.78 Å². The van der Waals surface area contributed by atoms with E-state index in [2.05, 4.69) is 10.3 Å². The third-order valence-corrected chi connectivity index (χ3v) is 8.54. The number of nitrogens with zero attached hydrogens (tertiary/aromatic N) is 4. The standard InChI is InChI=1S/C28H28ClF2N5O4S/c1-28(2,12-19(37)39-3)36-13-15-11-14(5-8-18(15)35-36)23-20(27(38)40-4)24(16-6-7-17(30)22(31)21(16)29)34-25(33-23)26-32-9-10-41-26/h6-7,9-10,13-14,24H,5,8,11-12H2,1-4H3,(H,33,34). The lowest BCUT2D eigenvalue weighted by molar-refractivity contribution is -0.142. The Morgan fingerprint density at radius 1 is 1.24 bits per heavy atom. The molecule has 1 aliphatic carbocycles. The van der Waals surface area contributed by atoms with Gasteiger partial charge in [0.15, 0.2) is 22.5 Å². The van der Waals surface area contributed by atoms with E-state index >= 15 is 0 Å². The quantitative estimate of drug-likeness (QED) is 0.303. The van der Waals surface area contributed by atoms with Crippen molar-refractivity contribution in [3.63, 3.8) is 0 Å². The Balaban J connectivity index is 1.58. The summed E-state index contributed by atoms with van der Waals surface area (Å²) in [6.45, 7) is 3.82. The number of esters is 2. The Morgan fingerprint density at radius 2 is 2.02 bits per heavy atom. The number of aromatic nitrogens is 3. The minimum atomic E-state index is -1.22. The highest BCUT2D eigenvalue weighted by Crippen LogP contribution is 2.41. The summed E-state index contributed by atoms with van der Waals surface area (Å²) < 4.78 is 40.4. The second-order valence-electron chi connectivity index (χ2n) is 10.5. The zero-order chi connectivity index (χ0) is 29.5. The lowest BCUT2D eigenvalue weighted by atomic mass is 9.81. The predicted molar refractivity (Wildman–Crippen MR) is 149 cm³/mol. The van der Waals surface area contributed by atoms with Crippen LogP contribution in [0.15, 0.2) is 46.2 Å². The van der Waals surface area contributed by atoms with Crippen LogP contribution >= 0.6 is 22.9 Å². The summed E-state index contributed by atoms with van der Waals surface area (Å²) in [5.74, 6) is -3.14. The van der Waals surface area contributed by atoms with Gasteiger partial charge >= 0.3 is 11.9 Å². The smallest absolute Gasteiger partial charge is 0.338 e. The number of carbonyl (C=O) groups is 2. The molecule has 0 saturated heterocycles. The van der Waals surface area contributed by atoms with Gasteiger partial charge in [0.1, 0.15) is 6.04 Å². The van der Waals surface area contributed by atoms with E-state index in [9.17, 15) is 18.4 Å². The Morgan fingerprint density at radius 3 is 2.71 bits per heavy atom. The van der Waals surface area contributed by atoms with E-state index in [1.165, 1.54) is 31.6 Å². The van der Waals surface area contributed by atoms with Gasteiger partial charge in [0.05, 0.1) is 42.5 Å². The van der Waals surface area contributed by atoms with Crippen molar-refractivity contribution in [3.8, 4) is 0 Å². The van der Waals surface area contributed by atoms with Gasteiger partial charge < -0.3 is 14.8 Å². The second-order valence-corrected chi connectivity index (χ2v) is 11.7. The van der Waals surface area contributed by atoms with Crippen molar-refractivity contribution in [2.24, 2.45) is 10.9 Å². The molecule has 2 aliphatic rings. The van der Waals surface area contributed by atoms with Crippen molar-refractivity contribution in [2.45, 2.75) is 51.1 Å². The van der Waals surface area contributed by atoms with E-state index in [0.717, 1.165) is 17.3 Å². The highest BCUT2D eigenvalue weighted by Gasteiger charge is 2.39. The Hall–Kier alpha value is -3.64. The van der Waals surface area contributed by atoms with Crippen molar-refractivity contribution < 1.29 is 27.8 Å². The molecule has 13 heteroatoms. The molecular weight excluding hydrogens is 576 g/mol. The summed E-state index contributed by atoms with van der Waals surface area (Å²) >= 11 is 7.61. The second kappa shape index (κ2) is 11.3. The Kier molecular flexibility index (Phi) is 7.97. The molecule has 2 atom stereocenters. The van der Waals surface area contributed by atoms with Gasteiger partial charge in [-0.1, -0.05) is 17.7 Å². The van der Waals surface area contributed by atoms with Crippen LogP contribution < -0.4 is 5.32 Å². The molecule has 3 aromatic rings. The van der Waals surface area contributed by atoms with Gasteiger partial charge in [-0.2, -0.15) is 5.10 Å². The number of amidine groups is 1. The van der Waals surface area contributed by atoms with Crippen LogP contribution in [0.2, 0.25) is 5.02 Å². The van der Waals surface area contributed by atoms with E-state index in [-0.39, 0.29) is 29.4 Å². The third kappa shape index (κ3) is 5.50. The van der Waals surface area contributed by atoms with E-state index in [1.807, 2.05) is 20.0 Å². The molecule has 2 aromatic heterocycles. The lowest BCUT2D eigenvalue weighted by Gasteiger charge is -2.32. The molecule has 1 aromatic carbocycles. The summed E-state index contributed by atoms with van der Waals surface area (Å²) in [7, 11) is 2.61. The van der Waals surface area contributed by atoms with Crippen LogP contribution in [0.5, 0.6) is 0 Å². The molecule has 3 heterocycles. The number of halogens is 3. The molecule has 0 fully saturated rings. The summed E-state index contributed by atoms with van der Waals surface area (Å²) in [6, 6.07) is 1.22. The predicted octanol–water partition coefficient (Wildman–Crippen LogP) is 4.89. The van der Waals surface area contributed by atoms with Gasteiger partial charge in [0.2, 0.25) is 0 Å². The zero-order valence-electron chi connectivity index (χ0n) is 22.8. The molecular formula is C28H28ClF2N5O4S. The molecule has 9 nitrogen and oxygen atoms in total. The van der Waals surface area contributed by atoms with Crippen LogP contribution in [-0.2, 0) is 37.4 Å². The molecule has 0 spiro atoms. The number of thiazole rings is 1. The number of aliphatic imine (C=N–C) groups is 1. The van der Waals surface area contributed by atoms with Crippen LogP contribution in [0.1, 0.15) is 54.6 Å². The fraction of sp³-hybridized carbons (Fsp3) is 0.393. The number of ether oxygens (including phenoxy) is 2. The number of rotatable bonds is 7. The maximum atomic E-state index is 14.6. The molecule has 216 valence electrons. The number of carbonyl (C=O) groups excluding carboxylic acids is 2. The van der Waals surface area contributed by atoms with Crippen LogP contribution in [-0.4, -0.2) is 46.8 Å². The highest BCUT2D eigenvalue weighted by atomic mass is 35.5. The SMILES string of the molecule is COC(=O)CC(C)(C)n1cc2c(n1)CCC(C1=C(C(=O)OC)C(c3ccc(F)c(F)c3Cl)N=C(c3nccs3)N1)C2. The number of hydrogen-bond acceptors (Lipinski definition) is 9. The Labute approximate surface area is 244 Å². The average molecular weight is 604 g/mol. The van der Waals surface area contributed by atoms with Gasteiger partial charge in [-0.05, 0) is 44.7 Å². The van der Waals surface area contributed by atoms with Gasteiger partial charge in [-0.25, -0.2) is 18.6 Å². The molecule has 2 unspecified atom stereocenters. The van der Waals surface area contributed by atoms with Crippen molar-refractivity contribution in [3.05, 3.63) is 79.7 Å². The number of fused-ring (bicyclic) bond motifs is 1. The zero-order valence-corrected chi connectivity index (χ0v) is 24.4. The topological polar surface area (TPSA) is 108 Å². The number of benzene rings is 1. The lowest BCUT2D eigenvalue weighted by Crippen LogP contribution is -2.38. The monoisotopic (exact) mass is 603 g/mol. The first kappa shape index (κ1) is 28.9. The molecule has 1 N–H and O–H groups in total. The fourth-order valence-corrected chi connectivity index (χ4v) is 6.06. The summed E-state index contributed by atoms with van der Waals surface area (Å²) in [5.41, 5.74) is 2.11. The van der Waals surface area contributed by atoms with Crippen molar-refractivity contribution in [1.82, 2.24) is 20.1 Å². The van der Waals surface area contributed by atoms with Crippen molar-refractivity contribution in [2.75, 3.05) is 14.2 Å². The molecule has 41 heavy (non-hydrogen) atoms. The maximum absolute atomic E-state index is 14.6. The third-order valence-electron chi connectivity index (χ3n) is 7.38. The van der Waals surface area contributed by atoms with Crippen LogP contribution in [0, 0.1) is 17.6 Å².